The van der Waals surface area contributed by atoms with Gasteiger partial charge in [-0.05, 0) is 39.6 Å². The Morgan fingerprint density at radius 2 is 1.89 bits per heavy atom. The molecule has 1 aromatic rings. The highest BCUT2D eigenvalue weighted by atomic mass is 19.1. The molecule has 0 fully saturated rings. The van der Waals surface area contributed by atoms with E-state index in [0.29, 0.717) is 13.1 Å². The normalized spacial score (nSPS) is 10.8. The quantitative estimate of drug-likeness (QED) is 0.790. The van der Waals surface area contributed by atoms with Crippen LogP contribution in [0.5, 0.6) is 0 Å². The van der Waals surface area contributed by atoms with Crippen molar-refractivity contribution < 1.29 is 9.18 Å². The Hall–Kier alpha value is -1.42. The highest BCUT2D eigenvalue weighted by molar-refractivity contribution is 5.94. The molecule has 0 N–H and O–H groups in total. The average Bonchev–Trinajstić information content (AvgIpc) is 2.36. The summed E-state index contributed by atoms with van der Waals surface area (Å²) < 4.78 is 13.8. The maximum atomic E-state index is 13.8. The van der Waals surface area contributed by atoms with Gasteiger partial charge in [0.15, 0.2) is 0 Å². The van der Waals surface area contributed by atoms with Crippen LogP contribution in [0.3, 0.4) is 0 Å². The van der Waals surface area contributed by atoms with Crippen LogP contribution in [0.2, 0.25) is 0 Å². The number of nitrogens with zero attached hydrogens (tertiary/aromatic N) is 2. The molecule has 19 heavy (non-hydrogen) atoms. The first-order valence-corrected chi connectivity index (χ1v) is 6.65. The van der Waals surface area contributed by atoms with Gasteiger partial charge in [-0.2, -0.15) is 0 Å². The molecule has 0 aliphatic carbocycles. The molecule has 0 unspecified atom stereocenters. The molecule has 1 aromatic carbocycles. The number of benzene rings is 1. The van der Waals surface area contributed by atoms with Crippen LogP contribution in [0.4, 0.5) is 4.39 Å². The molecule has 0 aliphatic heterocycles. The lowest BCUT2D eigenvalue weighted by molar-refractivity contribution is 0.0740. The maximum absolute atomic E-state index is 13.8. The predicted octanol–water partition coefficient (Wildman–Crippen LogP) is 2.55. The highest BCUT2D eigenvalue weighted by Gasteiger charge is 2.18. The number of aryl methyl sites for hydroxylation is 1. The molecular formula is C15H23FN2O. The first-order chi connectivity index (χ1) is 8.95. The third-order valence-electron chi connectivity index (χ3n) is 2.95. The Balaban J connectivity index is 2.88. The molecule has 0 heterocycles. The first-order valence-electron chi connectivity index (χ1n) is 6.65. The van der Waals surface area contributed by atoms with E-state index in [-0.39, 0.29) is 11.5 Å². The molecule has 0 spiro atoms. The third kappa shape index (κ3) is 4.63. The van der Waals surface area contributed by atoms with Crippen molar-refractivity contribution in [2.24, 2.45) is 0 Å². The van der Waals surface area contributed by atoms with Gasteiger partial charge in [-0.1, -0.05) is 18.6 Å². The summed E-state index contributed by atoms with van der Waals surface area (Å²) in [5, 5.41) is 0. The summed E-state index contributed by atoms with van der Waals surface area (Å²) in [4.78, 5) is 16.1. The number of hydrogen-bond donors (Lipinski definition) is 0. The van der Waals surface area contributed by atoms with Crippen LogP contribution in [0, 0.1) is 12.7 Å². The second kappa shape index (κ2) is 7.24. The van der Waals surface area contributed by atoms with Gasteiger partial charge in [0.05, 0.1) is 5.56 Å². The van der Waals surface area contributed by atoms with Crippen molar-refractivity contribution in [2.45, 2.75) is 20.3 Å². The molecule has 1 rings (SSSR count). The van der Waals surface area contributed by atoms with E-state index < -0.39 is 5.82 Å². The Morgan fingerprint density at radius 3 is 2.47 bits per heavy atom. The van der Waals surface area contributed by atoms with Crippen LogP contribution in [-0.4, -0.2) is 49.4 Å². The molecule has 0 bridgehead atoms. The van der Waals surface area contributed by atoms with Gasteiger partial charge in [-0.3, -0.25) is 4.79 Å². The van der Waals surface area contributed by atoms with Crippen LogP contribution in [0.15, 0.2) is 18.2 Å². The zero-order chi connectivity index (χ0) is 14.4. The Morgan fingerprint density at radius 1 is 1.21 bits per heavy atom. The summed E-state index contributed by atoms with van der Waals surface area (Å²) in [7, 11) is 3.92. The Kier molecular flexibility index (Phi) is 5.96. The zero-order valence-corrected chi connectivity index (χ0v) is 12.2. The molecule has 0 aromatic heterocycles. The van der Waals surface area contributed by atoms with Gasteiger partial charge in [0, 0.05) is 19.6 Å². The fourth-order valence-electron chi connectivity index (χ4n) is 1.88. The minimum Gasteiger partial charge on any atom is -0.337 e. The predicted molar refractivity (Wildman–Crippen MR) is 75.9 cm³/mol. The van der Waals surface area contributed by atoms with E-state index in [0.717, 1.165) is 18.5 Å². The van der Waals surface area contributed by atoms with E-state index in [1.807, 2.05) is 32.8 Å². The molecular weight excluding hydrogens is 243 g/mol. The second-order valence-electron chi connectivity index (χ2n) is 5.08. The van der Waals surface area contributed by atoms with Gasteiger partial charge in [0.2, 0.25) is 0 Å². The zero-order valence-electron chi connectivity index (χ0n) is 12.2. The smallest absolute Gasteiger partial charge is 0.256 e. The highest BCUT2D eigenvalue weighted by Crippen LogP contribution is 2.13. The molecule has 0 atom stereocenters. The van der Waals surface area contributed by atoms with Crippen LogP contribution in [0.25, 0.3) is 0 Å². The van der Waals surface area contributed by atoms with Crippen molar-refractivity contribution in [2.75, 3.05) is 33.7 Å². The van der Waals surface area contributed by atoms with Crippen molar-refractivity contribution in [3.63, 3.8) is 0 Å². The van der Waals surface area contributed by atoms with Crippen LogP contribution in [0.1, 0.15) is 29.3 Å². The van der Waals surface area contributed by atoms with Crippen LogP contribution < -0.4 is 0 Å². The van der Waals surface area contributed by atoms with Crippen molar-refractivity contribution in [3.05, 3.63) is 35.1 Å². The largest absolute Gasteiger partial charge is 0.337 e. The van der Waals surface area contributed by atoms with Crippen molar-refractivity contribution in [1.29, 1.82) is 0 Å². The maximum Gasteiger partial charge on any atom is 0.256 e. The topological polar surface area (TPSA) is 23.6 Å². The Bertz CT molecular complexity index is 432. The third-order valence-corrected chi connectivity index (χ3v) is 2.95. The summed E-state index contributed by atoms with van der Waals surface area (Å²) in [5.41, 5.74) is 1.07. The van der Waals surface area contributed by atoms with Crippen LogP contribution in [-0.2, 0) is 0 Å². The number of amides is 1. The van der Waals surface area contributed by atoms with Gasteiger partial charge in [-0.25, -0.2) is 4.39 Å². The van der Waals surface area contributed by atoms with Gasteiger partial charge in [-0.15, -0.1) is 0 Å². The van der Waals surface area contributed by atoms with Crippen LogP contribution >= 0.6 is 0 Å². The molecule has 4 heteroatoms. The lowest BCUT2D eigenvalue weighted by atomic mass is 10.1. The molecule has 3 nitrogen and oxygen atoms in total. The standard InChI is InChI=1S/C15H23FN2O/c1-5-8-18(10-9-17(3)4)15(19)13-11-12(2)6-7-14(13)16/h6-7,11H,5,8-10H2,1-4H3. The average molecular weight is 266 g/mol. The van der Waals surface area contributed by atoms with Gasteiger partial charge in [0.25, 0.3) is 5.91 Å². The summed E-state index contributed by atoms with van der Waals surface area (Å²) in [5.74, 6) is -0.661. The fraction of sp³-hybridized carbons (Fsp3) is 0.533. The van der Waals surface area contributed by atoms with Crippen molar-refractivity contribution in [3.8, 4) is 0 Å². The van der Waals surface area contributed by atoms with Crippen molar-refractivity contribution >= 4 is 5.91 Å². The first kappa shape index (κ1) is 15.6. The number of halogens is 1. The summed E-state index contributed by atoms with van der Waals surface area (Å²) in [6, 6.07) is 4.66. The molecule has 0 aliphatic rings. The number of likely N-dealkylation sites (N-methyl/N-ethyl adjacent to an activating group) is 1. The fourth-order valence-corrected chi connectivity index (χ4v) is 1.88. The lowest BCUT2D eigenvalue weighted by Gasteiger charge is -2.24. The molecule has 0 radical (unpaired) electrons. The van der Waals surface area contributed by atoms with Gasteiger partial charge < -0.3 is 9.80 Å². The lowest BCUT2D eigenvalue weighted by Crippen LogP contribution is -2.37. The molecule has 0 saturated carbocycles. The molecule has 106 valence electrons. The van der Waals surface area contributed by atoms with E-state index in [4.69, 9.17) is 0 Å². The Labute approximate surface area is 115 Å². The molecule has 1 amide bonds. The minimum atomic E-state index is -0.443. The number of hydrogen-bond acceptors (Lipinski definition) is 2. The van der Waals surface area contributed by atoms with Gasteiger partial charge in [0.1, 0.15) is 5.82 Å². The van der Waals surface area contributed by atoms with Crippen molar-refractivity contribution in [1.82, 2.24) is 9.80 Å². The number of carbonyl (C=O) groups excluding carboxylic acids is 1. The minimum absolute atomic E-state index is 0.173. The van der Waals surface area contributed by atoms with E-state index in [9.17, 15) is 9.18 Å². The second-order valence-corrected chi connectivity index (χ2v) is 5.08. The van der Waals surface area contributed by atoms with E-state index in [2.05, 4.69) is 0 Å². The van der Waals surface area contributed by atoms with Gasteiger partial charge >= 0.3 is 0 Å². The summed E-state index contributed by atoms with van der Waals surface area (Å²) in [6.45, 7) is 5.93. The summed E-state index contributed by atoms with van der Waals surface area (Å²) >= 11 is 0. The number of carbonyl (C=O) groups is 1. The monoisotopic (exact) mass is 266 g/mol. The number of rotatable bonds is 6. The summed E-state index contributed by atoms with van der Waals surface area (Å²) in [6.07, 6.45) is 0.868. The van der Waals surface area contributed by atoms with E-state index in [1.165, 1.54) is 6.07 Å². The SMILES string of the molecule is CCCN(CCN(C)C)C(=O)c1cc(C)ccc1F. The van der Waals surface area contributed by atoms with E-state index >= 15 is 0 Å². The molecule has 0 saturated heterocycles. The van der Waals surface area contributed by atoms with E-state index in [1.54, 1.807) is 17.0 Å².